The number of rotatable bonds is 7. The standard InChI is InChI=1S/C18H21NO5S2/c1-5-15-11(2)10-16(25-15)18(21)24-12(3)17(20)13-6-8-14(9-7-13)19-26(4,22)23/h6-10,12,19H,5H2,1-4H3. The first-order valence-electron chi connectivity index (χ1n) is 8.03. The first-order chi connectivity index (χ1) is 12.1. The Balaban J connectivity index is 2.05. The fourth-order valence-electron chi connectivity index (χ4n) is 2.39. The highest BCUT2D eigenvalue weighted by Gasteiger charge is 2.22. The number of hydrogen-bond acceptors (Lipinski definition) is 6. The molecule has 0 saturated heterocycles. The van der Waals surface area contributed by atoms with Crippen LogP contribution in [0.25, 0.3) is 0 Å². The Morgan fingerprint density at radius 2 is 1.85 bits per heavy atom. The van der Waals surface area contributed by atoms with Crippen LogP contribution >= 0.6 is 11.3 Å². The molecule has 2 aromatic rings. The molecule has 0 amide bonds. The molecule has 0 saturated carbocycles. The van der Waals surface area contributed by atoms with E-state index in [0.717, 1.165) is 23.1 Å². The number of carbonyl (C=O) groups is 2. The Morgan fingerprint density at radius 1 is 1.23 bits per heavy atom. The number of sulfonamides is 1. The number of aryl methyl sites for hydroxylation is 2. The molecule has 0 aliphatic carbocycles. The predicted octanol–water partition coefficient (Wildman–Crippen LogP) is 3.42. The summed E-state index contributed by atoms with van der Waals surface area (Å²) < 4.78 is 30.0. The molecule has 0 bridgehead atoms. The first-order valence-corrected chi connectivity index (χ1v) is 10.7. The van der Waals surface area contributed by atoms with E-state index in [0.29, 0.717) is 16.1 Å². The van der Waals surface area contributed by atoms with Crippen molar-refractivity contribution in [3.05, 3.63) is 51.2 Å². The summed E-state index contributed by atoms with van der Waals surface area (Å²) in [6.45, 7) is 5.47. The monoisotopic (exact) mass is 395 g/mol. The van der Waals surface area contributed by atoms with Crippen molar-refractivity contribution in [2.24, 2.45) is 0 Å². The number of esters is 1. The highest BCUT2D eigenvalue weighted by atomic mass is 32.2. The van der Waals surface area contributed by atoms with Crippen molar-refractivity contribution in [2.45, 2.75) is 33.3 Å². The van der Waals surface area contributed by atoms with Crippen LogP contribution in [0.5, 0.6) is 0 Å². The SMILES string of the molecule is CCc1sc(C(=O)OC(C)C(=O)c2ccc(NS(C)(=O)=O)cc2)cc1C. The van der Waals surface area contributed by atoms with Gasteiger partial charge in [-0.15, -0.1) is 11.3 Å². The molecule has 1 heterocycles. The Kier molecular flexibility index (Phi) is 6.20. The van der Waals surface area contributed by atoms with Crippen molar-refractivity contribution in [3.63, 3.8) is 0 Å². The van der Waals surface area contributed by atoms with Gasteiger partial charge in [0.2, 0.25) is 15.8 Å². The second-order valence-corrected chi connectivity index (χ2v) is 8.82. The van der Waals surface area contributed by atoms with Gasteiger partial charge < -0.3 is 4.74 Å². The molecule has 0 aliphatic heterocycles. The summed E-state index contributed by atoms with van der Waals surface area (Å²) in [5, 5.41) is 0. The van der Waals surface area contributed by atoms with Crippen molar-refractivity contribution in [3.8, 4) is 0 Å². The van der Waals surface area contributed by atoms with Gasteiger partial charge in [0.05, 0.1) is 6.26 Å². The Morgan fingerprint density at radius 3 is 2.35 bits per heavy atom. The van der Waals surface area contributed by atoms with E-state index >= 15 is 0 Å². The summed E-state index contributed by atoms with van der Waals surface area (Å²) in [6.07, 6.45) is 0.944. The highest BCUT2D eigenvalue weighted by molar-refractivity contribution is 7.92. The molecule has 0 fully saturated rings. The summed E-state index contributed by atoms with van der Waals surface area (Å²) in [7, 11) is -3.38. The number of Topliss-reactive ketones (excluding diaryl/α,β-unsaturated/α-hetero) is 1. The molecule has 26 heavy (non-hydrogen) atoms. The molecule has 1 aromatic carbocycles. The average Bonchev–Trinajstić information content (AvgIpc) is 2.94. The van der Waals surface area contributed by atoms with Gasteiger partial charge in [-0.3, -0.25) is 9.52 Å². The summed E-state index contributed by atoms with van der Waals surface area (Å²) in [5.41, 5.74) is 1.73. The number of ketones is 1. The minimum atomic E-state index is -3.38. The van der Waals surface area contributed by atoms with E-state index in [2.05, 4.69) is 4.72 Å². The maximum Gasteiger partial charge on any atom is 0.349 e. The zero-order valence-electron chi connectivity index (χ0n) is 15.0. The third kappa shape index (κ3) is 5.15. The summed E-state index contributed by atoms with van der Waals surface area (Å²) in [5.74, 6) is -0.873. The number of hydrogen-bond donors (Lipinski definition) is 1. The molecule has 8 heteroatoms. The quantitative estimate of drug-likeness (QED) is 0.573. The van der Waals surface area contributed by atoms with Gasteiger partial charge in [0.15, 0.2) is 6.10 Å². The number of thiophene rings is 1. The third-order valence-corrected chi connectivity index (χ3v) is 5.64. The number of anilines is 1. The van der Waals surface area contributed by atoms with Gasteiger partial charge in [0, 0.05) is 16.1 Å². The van der Waals surface area contributed by atoms with Crippen LogP contribution in [-0.2, 0) is 21.2 Å². The Bertz CT molecular complexity index is 914. The van der Waals surface area contributed by atoms with E-state index in [1.165, 1.54) is 42.5 Å². The molecule has 1 N–H and O–H groups in total. The van der Waals surface area contributed by atoms with Crippen LogP contribution in [0, 0.1) is 6.92 Å². The smallest absolute Gasteiger partial charge is 0.349 e. The van der Waals surface area contributed by atoms with E-state index in [1.807, 2.05) is 13.8 Å². The third-order valence-electron chi connectivity index (χ3n) is 3.67. The lowest BCUT2D eigenvalue weighted by Crippen LogP contribution is -2.24. The van der Waals surface area contributed by atoms with Crippen LogP contribution in [-0.4, -0.2) is 32.5 Å². The fraction of sp³-hybridized carbons (Fsp3) is 0.333. The molecule has 0 aliphatic rings. The van der Waals surface area contributed by atoms with Crippen molar-refractivity contribution in [2.75, 3.05) is 11.0 Å². The van der Waals surface area contributed by atoms with E-state index < -0.39 is 22.1 Å². The van der Waals surface area contributed by atoms with Gasteiger partial charge in [-0.05, 0) is 56.2 Å². The van der Waals surface area contributed by atoms with Crippen molar-refractivity contribution >= 4 is 38.8 Å². The van der Waals surface area contributed by atoms with Crippen molar-refractivity contribution in [1.82, 2.24) is 0 Å². The maximum absolute atomic E-state index is 12.4. The van der Waals surface area contributed by atoms with E-state index in [9.17, 15) is 18.0 Å². The van der Waals surface area contributed by atoms with Gasteiger partial charge in [0.25, 0.3) is 0 Å². The lowest BCUT2D eigenvalue weighted by atomic mass is 10.1. The zero-order chi connectivity index (χ0) is 19.5. The highest BCUT2D eigenvalue weighted by Crippen LogP contribution is 2.24. The molecular formula is C18H21NO5S2. The second-order valence-electron chi connectivity index (χ2n) is 5.93. The molecular weight excluding hydrogens is 374 g/mol. The van der Waals surface area contributed by atoms with E-state index in [1.54, 1.807) is 6.07 Å². The molecule has 1 atom stereocenters. The van der Waals surface area contributed by atoms with E-state index in [4.69, 9.17) is 4.74 Å². The summed E-state index contributed by atoms with van der Waals surface area (Å²) >= 11 is 1.37. The summed E-state index contributed by atoms with van der Waals surface area (Å²) in [6, 6.07) is 7.72. The first kappa shape index (κ1) is 20.1. The average molecular weight is 396 g/mol. The van der Waals surface area contributed by atoms with Gasteiger partial charge in [0.1, 0.15) is 4.88 Å². The fourth-order valence-corrected chi connectivity index (χ4v) is 3.96. The maximum atomic E-state index is 12.4. The molecule has 1 aromatic heterocycles. The zero-order valence-corrected chi connectivity index (χ0v) is 16.7. The van der Waals surface area contributed by atoms with Gasteiger partial charge >= 0.3 is 5.97 Å². The molecule has 140 valence electrons. The molecule has 2 rings (SSSR count). The molecule has 0 spiro atoms. The van der Waals surface area contributed by atoms with Crippen LogP contribution in [0.4, 0.5) is 5.69 Å². The molecule has 1 unspecified atom stereocenters. The van der Waals surface area contributed by atoms with Crippen LogP contribution in [0.1, 0.15) is 44.3 Å². The van der Waals surface area contributed by atoms with Crippen LogP contribution < -0.4 is 4.72 Å². The lowest BCUT2D eigenvalue weighted by molar-refractivity contribution is 0.0323. The minimum absolute atomic E-state index is 0.334. The largest absolute Gasteiger partial charge is 0.450 e. The number of nitrogens with one attached hydrogen (secondary N) is 1. The van der Waals surface area contributed by atoms with Crippen molar-refractivity contribution < 1.29 is 22.7 Å². The van der Waals surface area contributed by atoms with Crippen molar-refractivity contribution in [1.29, 1.82) is 0 Å². The number of ether oxygens (including phenoxy) is 1. The molecule has 6 nitrogen and oxygen atoms in total. The normalized spacial score (nSPS) is 12.5. The predicted molar refractivity (Wildman–Crippen MR) is 103 cm³/mol. The minimum Gasteiger partial charge on any atom is -0.450 e. The van der Waals surface area contributed by atoms with Crippen LogP contribution in [0.2, 0.25) is 0 Å². The van der Waals surface area contributed by atoms with Gasteiger partial charge in [-0.1, -0.05) is 6.92 Å². The van der Waals surface area contributed by atoms with Gasteiger partial charge in [-0.2, -0.15) is 0 Å². The lowest BCUT2D eigenvalue weighted by Gasteiger charge is -2.12. The van der Waals surface area contributed by atoms with Crippen LogP contribution in [0.15, 0.2) is 30.3 Å². The van der Waals surface area contributed by atoms with Gasteiger partial charge in [-0.25, -0.2) is 13.2 Å². The second kappa shape index (κ2) is 8.01. The Hall–Kier alpha value is -2.19. The molecule has 0 radical (unpaired) electrons. The Labute approximate surface area is 157 Å². The van der Waals surface area contributed by atoms with E-state index in [-0.39, 0.29) is 5.78 Å². The number of carbonyl (C=O) groups excluding carboxylic acids is 2. The topological polar surface area (TPSA) is 89.5 Å². The summed E-state index contributed by atoms with van der Waals surface area (Å²) in [4.78, 5) is 26.3. The van der Waals surface area contributed by atoms with Crippen LogP contribution in [0.3, 0.4) is 0 Å². The number of benzene rings is 1.